The first kappa shape index (κ1) is 15.1. The highest BCUT2D eigenvalue weighted by Crippen LogP contribution is 2.34. The molecule has 0 aromatic heterocycles. The Kier molecular flexibility index (Phi) is 3.35. The molecule has 4 rings (SSSR count). The van der Waals surface area contributed by atoms with Crippen molar-refractivity contribution in [2.24, 2.45) is 11.1 Å². The average molecular weight is 336 g/mol. The zero-order valence-electron chi connectivity index (χ0n) is 12.8. The minimum absolute atomic E-state index is 0.0146. The predicted octanol–water partition coefficient (Wildman–Crippen LogP) is 1.52. The van der Waals surface area contributed by atoms with Gasteiger partial charge in [0.15, 0.2) is 0 Å². The summed E-state index contributed by atoms with van der Waals surface area (Å²) in [6.07, 6.45) is -1.14. The van der Waals surface area contributed by atoms with E-state index in [-0.39, 0.29) is 11.5 Å². The summed E-state index contributed by atoms with van der Waals surface area (Å²) in [5.74, 6) is -2.64. The number of aromatic hydroxyl groups is 1. The van der Waals surface area contributed by atoms with Crippen molar-refractivity contribution in [3.8, 4) is 5.75 Å². The lowest BCUT2D eigenvalue weighted by Gasteiger charge is -2.15. The molecule has 2 amide bonds. The van der Waals surface area contributed by atoms with Crippen LogP contribution >= 0.6 is 0 Å². The third-order valence-corrected chi connectivity index (χ3v) is 4.19. The molecular formula is C18H12N2O5. The SMILES string of the molecule is O=C(C1=NOC2C(=O)N(c3ccc(O)cc3)C(=O)C12)c1ccccc1. The molecule has 1 fully saturated rings. The van der Waals surface area contributed by atoms with Crippen LogP contribution in [0.1, 0.15) is 10.4 Å². The van der Waals surface area contributed by atoms with Crippen LogP contribution in [0.4, 0.5) is 5.69 Å². The van der Waals surface area contributed by atoms with Crippen molar-refractivity contribution in [1.82, 2.24) is 0 Å². The fourth-order valence-electron chi connectivity index (χ4n) is 2.96. The first-order chi connectivity index (χ1) is 12.1. The smallest absolute Gasteiger partial charge is 0.278 e. The highest BCUT2D eigenvalue weighted by atomic mass is 16.7. The quantitative estimate of drug-likeness (QED) is 0.677. The number of rotatable bonds is 3. The lowest BCUT2D eigenvalue weighted by molar-refractivity contribution is -0.126. The molecule has 0 spiro atoms. The van der Waals surface area contributed by atoms with Crippen LogP contribution in [0.5, 0.6) is 5.75 Å². The molecule has 2 aromatic rings. The Balaban J connectivity index is 1.67. The number of hydrogen-bond donors (Lipinski definition) is 1. The molecule has 1 saturated heterocycles. The van der Waals surface area contributed by atoms with Gasteiger partial charge in [-0.15, -0.1) is 0 Å². The molecule has 2 atom stereocenters. The number of phenolic OH excluding ortho intramolecular Hbond substituents is 1. The van der Waals surface area contributed by atoms with Gasteiger partial charge in [0.2, 0.25) is 17.8 Å². The summed E-state index contributed by atoms with van der Waals surface area (Å²) in [7, 11) is 0. The van der Waals surface area contributed by atoms with E-state index >= 15 is 0 Å². The lowest BCUT2D eigenvalue weighted by Crippen LogP contribution is -2.34. The molecule has 124 valence electrons. The number of nitrogens with zero attached hydrogens (tertiary/aromatic N) is 2. The zero-order chi connectivity index (χ0) is 17.6. The van der Waals surface area contributed by atoms with E-state index in [1.807, 2.05) is 0 Å². The van der Waals surface area contributed by atoms with Gasteiger partial charge in [0, 0.05) is 5.56 Å². The van der Waals surface area contributed by atoms with Crippen LogP contribution in [0.15, 0.2) is 59.8 Å². The van der Waals surface area contributed by atoms with Crippen molar-refractivity contribution >= 4 is 29.0 Å². The number of ketones is 1. The van der Waals surface area contributed by atoms with Crippen molar-refractivity contribution in [2.75, 3.05) is 4.90 Å². The highest BCUT2D eigenvalue weighted by Gasteiger charge is 2.57. The molecule has 1 N–H and O–H groups in total. The van der Waals surface area contributed by atoms with Gasteiger partial charge in [0.05, 0.1) is 5.69 Å². The second kappa shape index (κ2) is 5.55. The Bertz CT molecular complexity index is 905. The topological polar surface area (TPSA) is 96.3 Å². The molecule has 2 heterocycles. The maximum atomic E-state index is 12.8. The Morgan fingerprint density at radius 1 is 1.00 bits per heavy atom. The van der Waals surface area contributed by atoms with Gasteiger partial charge in [-0.25, -0.2) is 4.90 Å². The van der Waals surface area contributed by atoms with Gasteiger partial charge in [-0.3, -0.25) is 14.4 Å². The minimum Gasteiger partial charge on any atom is -0.508 e. The number of carbonyl (C=O) groups excluding carboxylic acids is 3. The van der Waals surface area contributed by atoms with E-state index in [1.54, 1.807) is 30.3 Å². The van der Waals surface area contributed by atoms with Crippen molar-refractivity contribution in [3.63, 3.8) is 0 Å². The summed E-state index contributed by atoms with van der Waals surface area (Å²) in [4.78, 5) is 43.9. The number of benzene rings is 2. The van der Waals surface area contributed by atoms with E-state index in [0.29, 0.717) is 11.3 Å². The van der Waals surface area contributed by atoms with Crippen molar-refractivity contribution in [3.05, 3.63) is 60.2 Å². The molecule has 7 heteroatoms. The standard InChI is InChI=1S/C18H12N2O5/c21-12-8-6-11(7-9-12)20-17(23)13-14(19-25-16(13)18(20)24)15(22)10-4-2-1-3-5-10/h1-9,13,16,21H. The first-order valence-corrected chi connectivity index (χ1v) is 7.58. The highest BCUT2D eigenvalue weighted by molar-refractivity contribution is 6.52. The van der Waals surface area contributed by atoms with Gasteiger partial charge in [0.25, 0.3) is 5.91 Å². The average Bonchev–Trinajstić information content (AvgIpc) is 3.17. The third-order valence-electron chi connectivity index (χ3n) is 4.19. The summed E-state index contributed by atoms with van der Waals surface area (Å²) in [6, 6.07) is 14.0. The van der Waals surface area contributed by atoms with Gasteiger partial charge < -0.3 is 9.94 Å². The van der Waals surface area contributed by atoms with Gasteiger partial charge in [-0.2, -0.15) is 0 Å². The summed E-state index contributed by atoms with van der Waals surface area (Å²) in [5.41, 5.74) is 0.599. The van der Waals surface area contributed by atoms with E-state index in [0.717, 1.165) is 4.90 Å². The normalized spacial score (nSPS) is 21.8. The number of fused-ring (bicyclic) bond motifs is 1. The maximum Gasteiger partial charge on any atom is 0.278 e. The number of amides is 2. The van der Waals surface area contributed by atoms with E-state index in [9.17, 15) is 19.5 Å². The number of phenols is 1. The van der Waals surface area contributed by atoms with E-state index in [2.05, 4.69) is 5.16 Å². The van der Waals surface area contributed by atoms with Gasteiger partial charge in [0.1, 0.15) is 17.4 Å². The maximum absolute atomic E-state index is 12.8. The van der Waals surface area contributed by atoms with E-state index in [1.165, 1.54) is 24.3 Å². The Morgan fingerprint density at radius 2 is 1.68 bits per heavy atom. The van der Waals surface area contributed by atoms with Crippen LogP contribution in [0.25, 0.3) is 0 Å². The van der Waals surface area contributed by atoms with Gasteiger partial charge in [-0.05, 0) is 24.3 Å². The van der Waals surface area contributed by atoms with Crippen LogP contribution in [-0.4, -0.2) is 34.5 Å². The van der Waals surface area contributed by atoms with E-state index in [4.69, 9.17) is 4.84 Å². The first-order valence-electron chi connectivity index (χ1n) is 7.58. The van der Waals surface area contributed by atoms with Crippen molar-refractivity contribution in [1.29, 1.82) is 0 Å². The number of oxime groups is 1. The molecular weight excluding hydrogens is 324 g/mol. The molecule has 0 bridgehead atoms. The second-order valence-electron chi connectivity index (χ2n) is 5.70. The Labute approximate surface area is 142 Å². The number of hydrogen-bond acceptors (Lipinski definition) is 6. The monoisotopic (exact) mass is 336 g/mol. The van der Waals surface area contributed by atoms with Gasteiger partial charge in [-0.1, -0.05) is 35.5 Å². The molecule has 0 saturated carbocycles. The molecule has 2 unspecified atom stereocenters. The van der Waals surface area contributed by atoms with Crippen molar-refractivity contribution < 1.29 is 24.3 Å². The van der Waals surface area contributed by atoms with Gasteiger partial charge >= 0.3 is 0 Å². The summed E-state index contributed by atoms with van der Waals surface area (Å²) < 4.78 is 0. The van der Waals surface area contributed by atoms with Crippen LogP contribution < -0.4 is 4.90 Å². The van der Waals surface area contributed by atoms with Crippen LogP contribution in [0.2, 0.25) is 0 Å². The molecule has 2 aliphatic heterocycles. The minimum atomic E-state index is -1.14. The molecule has 0 aliphatic carbocycles. The van der Waals surface area contributed by atoms with Crippen LogP contribution in [0, 0.1) is 5.92 Å². The number of carbonyl (C=O) groups is 3. The summed E-state index contributed by atoms with van der Waals surface area (Å²) in [5, 5.41) is 13.1. The fraction of sp³-hybridized carbons (Fsp3) is 0.111. The molecule has 25 heavy (non-hydrogen) atoms. The summed E-state index contributed by atoms with van der Waals surface area (Å²) in [6.45, 7) is 0. The Hall–Kier alpha value is -3.48. The molecule has 2 aliphatic rings. The van der Waals surface area contributed by atoms with Crippen LogP contribution in [0.3, 0.4) is 0 Å². The fourth-order valence-corrected chi connectivity index (χ4v) is 2.96. The predicted molar refractivity (Wildman–Crippen MR) is 87.2 cm³/mol. The van der Waals surface area contributed by atoms with E-state index < -0.39 is 29.6 Å². The van der Waals surface area contributed by atoms with Crippen LogP contribution in [-0.2, 0) is 14.4 Å². The second-order valence-corrected chi connectivity index (χ2v) is 5.70. The molecule has 2 aromatic carbocycles. The zero-order valence-corrected chi connectivity index (χ0v) is 12.8. The molecule has 7 nitrogen and oxygen atoms in total. The van der Waals surface area contributed by atoms with Crippen molar-refractivity contribution in [2.45, 2.75) is 6.10 Å². The number of Topliss-reactive ketones (excluding diaryl/α,β-unsaturated/α-hetero) is 1. The number of anilines is 1. The number of imide groups is 1. The molecule has 0 radical (unpaired) electrons. The Morgan fingerprint density at radius 3 is 2.36 bits per heavy atom. The third kappa shape index (κ3) is 2.28. The summed E-state index contributed by atoms with van der Waals surface area (Å²) >= 11 is 0. The largest absolute Gasteiger partial charge is 0.508 e. The lowest BCUT2D eigenvalue weighted by atomic mass is 9.93.